The molecule has 0 saturated heterocycles. The lowest BCUT2D eigenvalue weighted by atomic mass is 10.0. The van der Waals surface area contributed by atoms with Crippen LogP contribution in [0.25, 0.3) is 0 Å². The van der Waals surface area contributed by atoms with Crippen molar-refractivity contribution < 1.29 is 0 Å². The minimum absolute atomic E-state index is 0.812. The van der Waals surface area contributed by atoms with Gasteiger partial charge in [0.1, 0.15) is 0 Å². The summed E-state index contributed by atoms with van der Waals surface area (Å²) in [5.41, 5.74) is 0. The Balaban J connectivity index is 3.05. The minimum Gasteiger partial charge on any atom is -0.0885 e. The van der Waals surface area contributed by atoms with E-state index in [0.717, 1.165) is 11.8 Å². The van der Waals surface area contributed by atoms with Crippen molar-refractivity contribution in [1.29, 1.82) is 0 Å². The van der Waals surface area contributed by atoms with E-state index in [1.54, 1.807) is 0 Å². The molecule has 0 unspecified atom stereocenters. The molecule has 0 radical (unpaired) electrons. The molecule has 0 spiro atoms. The molecule has 0 amide bonds. The Morgan fingerprint density at radius 2 is 1.17 bits per heavy atom. The summed E-state index contributed by atoms with van der Waals surface area (Å²) in [6.45, 7) is 9.22. The fourth-order valence-electron chi connectivity index (χ4n) is 2.18. The van der Waals surface area contributed by atoms with Crippen LogP contribution in [-0.2, 0) is 0 Å². The summed E-state index contributed by atoms with van der Waals surface area (Å²) in [5, 5.41) is 0. The van der Waals surface area contributed by atoms with Gasteiger partial charge in [0.2, 0.25) is 0 Å². The summed E-state index contributed by atoms with van der Waals surface area (Å²) in [6.07, 6.45) is 18.7. The Morgan fingerprint density at radius 3 is 1.72 bits per heavy atom. The van der Waals surface area contributed by atoms with Gasteiger partial charge in [-0.05, 0) is 31.1 Å². The van der Waals surface area contributed by atoms with Crippen molar-refractivity contribution in [2.75, 3.05) is 0 Å². The summed E-state index contributed by atoms with van der Waals surface area (Å²) in [4.78, 5) is 0. The molecule has 0 heteroatoms. The second-order valence-electron chi connectivity index (χ2n) is 6.55. The predicted octanol–water partition coefficient (Wildman–Crippen LogP) is 6.76. The first-order chi connectivity index (χ1) is 8.63. The van der Waals surface area contributed by atoms with E-state index in [1.807, 2.05) is 0 Å². The second-order valence-corrected chi connectivity index (χ2v) is 6.55. The Bertz CT molecular complexity index is 176. The monoisotopic (exact) mass is 252 g/mol. The van der Waals surface area contributed by atoms with Gasteiger partial charge in [0.15, 0.2) is 0 Å². The Labute approximate surface area is 116 Å². The lowest BCUT2D eigenvalue weighted by Gasteiger charge is -2.04. The molecule has 0 aromatic heterocycles. The zero-order chi connectivity index (χ0) is 13.6. The maximum Gasteiger partial charge on any atom is -0.0327 e. The molecule has 0 aliphatic carbocycles. The lowest BCUT2D eigenvalue weighted by molar-refractivity contribution is 0.509. The summed E-state index contributed by atoms with van der Waals surface area (Å²) < 4.78 is 0. The van der Waals surface area contributed by atoms with E-state index in [1.165, 1.54) is 64.2 Å². The topological polar surface area (TPSA) is 0 Å². The van der Waals surface area contributed by atoms with Crippen molar-refractivity contribution in [3.05, 3.63) is 12.2 Å². The van der Waals surface area contributed by atoms with Crippen LogP contribution in [0.3, 0.4) is 0 Å². The third kappa shape index (κ3) is 15.7. The molecular formula is C18H36. The van der Waals surface area contributed by atoms with Crippen molar-refractivity contribution in [2.24, 2.45) is 11.8 Å². The van der Waals surface area contributed by atoms with E-state index in [-0.39, 0.29) is 0 Å². The van der Waals surface area contributed by atoms with Crippen LogP contribution in [0.1, 0.15) is 91.9 Å². The zero-order valence-corrected chi connectivity index (χ0v) is 13.4. The number of hydrogen-bond donors (Lipinski definition) is 0. The SMILES string of the molecule is CC(C)C/C=C/CCCCCCCCCC(C)C. The van der Waals surface area contributed by atoms with Crippen LogP contribution in [0.5, 0.6) is 0 Å². The Kier molecular flexibility index (Phi) is 13.0. The molecule has 0 aliphatic heterocycles. The van der Waals surface area contributed by atoms with Crippen LogP contribution in [0.2, 0.25) is 0 Å². The average Bonchev–Trinajstić information content (AvgIpc) is 2.29. The highest BCUT2D eigenvalue weighted by molar-refractivity contribution is 4.82. The summed E-state index contributed by atoms with van der Waals surface area (Å²) in [5.74, 6) is 1.70. The average molecular weight is 252 g/mol. The number of hydrogen-bond acceptors (Lipinski definition) is 0. The van der Waals surface area contributed by atoms with Crippen LogP contribution in [-0.4, -0.2) is 0 Å². The first-order valence-corrected chi connectivity index (χ1v) is 8.28. The van der Waals surface area contributed by atoms with Crippen molar-refractivity contribution in [1.82, 2.24) is 0 Å². The van der Waals surface area contributed by atoms with Crippen LogP contribution < -0.4 is 0 Å². The molecule has 0 bridgehead atoms. The maximum atomic E-state index is 2.38. The van der Waals surface area contributed by atoms with Gasteiger partial charge in [0.05, 0.1) is 0 Å². The van der Waals surface area contributed by atoms with Crippen molar-refractivity contribution in [3.8, 4) is 0 Å². The lowest BCUT2D eigenvalue weighted by Crippen LogP contribution is -1.87. The van der Waals surface area contributed by atoms with E-state index in [0.29, 0.717) is 0 Å². The van der Waals surface area contributed by atoms with Gasteiger partial charge in [-0.15, -0.1) is 0 Å². The summed E-state index contributed by atoms with van der Waals surface area (Å²) >= 11 is 0. The molecule has 0 fully saturated rings. The standard InChI is InChI=1S/C18H36/c1-17(2)15-13-11-9-7-5-6-8-10-12-14-16-18(3)4/h11,13,17-18H,5-10,12,14-16H2,1-4H3/b13-11+. The van der Waals surface area contributed by atoms with Gasteiger partial charge < -0.3 is 0 Å². The molecule has 0 rings (SSSR count). The zero-order valence-electron chi connectivity index (χ0n) is 13.4. The van der Waals surface area contributed by atoms with Gasteiger partial charge in [-0.25, -0.2) is 0 Å². The van der Waals surface area contributed by atoms with Gasteiger partial charge in [-0.2, -0.15) is 0 Å². The number of rotatable bonds is 12. The van der Waals surface area contributed by atoms with Crippen LogP contribution in [0, 0.1) is 11.8 Å². The molecule has 18 heavy (non-hydrogen) atoms. The fourth-order valence-corrected chi connectivity index (χ4v) is 2.18. The highest BCUT2D eigenvalue weighted by atomic mass is 14.0. The molecular weight excluding hydrogens is 216 g/mol. The van der Waals surface area contributed by atoms with Crippen LogP contribution >= 0.6 is 0 Å². The molecule has 0 N–H and O–H groups in total. The third-order valence-corrected chi connectivity index (χ3v) is 3.43. The van der Waals surface area contributed by atoms with E-state index in [2.05, 4.69) is 39.8 Å². The molecule has 0 aromatic carbocycles. The molecule has 0 atom stereocenters. The van der Waals surface area contributed by atoms with Crippen LogP contribution in [0.15, 0.2) is 12.2 Å². The maximum absolute atomic E-state index is 2.38. The van der Waals surface area contributed by atoms with E-state index < -0.39 is 0 Å². The highest BCUT2D eigenvalue weighted by Gasteiger charge is 1.94. The predicted molar refractivity (Wildman–Crippen MR) is 85.0 cm³/mol. The normalized spacial score (nSPS) is 12.1. The fraction of sp³-hybridized carbons (Fsp3) is 0.889. The van der Waals surface area contributed by atoms with E-state index in [9.17, 15) is 0 Å². The Hall–Kier alpha value is -0.260. The van der Waals surface area contributed by atoms with Gasteiger partial charge in [0, 0.05) is 0 Å². The van der Waals surface area contributed by atoms with E-state index >= 15 is 0 Å². The first-order valence-electron chi connectivity index (χ1n) is 8.28. The van der Waals surface area contributed by atoms with Gasteiger partial charge >= 0.3 is 0 Å². The van der Waals surface area contributed by atoms with Crippen molar-refractivity contribution in [2.45, 2.75) is 91.9 Å². The summed E-state index contributed by atoms with van der Waals surface area (Å²) in [7, 11) is 0. The number of unbranched alkanes of at least 4 members (excludes halogenated alkanes) is 7. The quantitative estimate of drug-likeness (QED) is 0.266. The van der Waals surface area contributed by atoms with Gasteiger partial charge in [-0.1, -0.05) is 84.8 Å². The van der Waals surface area contributed by atoms with Crippen molar-refractivity contribution in [3.63, 3.8) is 0 Å². The smallest absolute Gasteiger partial charge is 0.0327 e. The molecule has 108 valence electrons. The molecule has 0 aliphatic rings. The highest BCUT2D eigenvalue weighted by Crippen LogP contribution is 2.12. The first kappa shape index (κ1) is 17.7. The number of allylic oxidation sites excluding steroid dienone is 2. The third-order valence-electron chi connectivity index (χ3n) is 3.43. The largest absolute Gasteiger partial charge is 0.0885 e. The van der Waals surface area contributed by atoms with Gasteiger partial charge in [0.25, 0.3) is 0 Å². The minimum atomic E-state index is 0.812. The second kappa shape index (κ2) is 13.2. The Morgan fingerprint density at radius 1 is 0.611 bits per heavy atom. The molecule has 0 aromatic rings. The molecule has 0 heterocycles. The molecule has 0 nitrogen and oxygen atoms in total. The van der Waals surface area contributed by atoms with E-state index in [4.69, 9.17) is 0 Å². The molecule has 0 saturated carbocycles. The summed E-state index contributed by atoms with van der Waals surface area (Å²) in [6, 6.07) is 0. The van der Waals surface area contributed by atoms with Crippen molar-refractivity contribution >= 4 is 0 Å². The van der Waals surface area contributed by atoms with Crippen LogP contribution in [0.4, 0.5) is 0 Å². The van der Waals surface area contributed by atoms with Gasteiger partial charge in [-0.3, -0.25) is 0 Å².